The Hall–Kier alpha value is -1.06. The first-order valence-electron chi connectivity index (χ1n) is 6.26. The van der Waals surface area contributed by atoms with E-state index in [0.717, 1.165) is 23.3 Å². The molecule has 0 bridgehead atoms. The van der Waals surface area contributed by atoms with Crippen LogP contribution in [0, 0.1) is 0 Å². The molecule has 1 heterocycles. The molecule has 3 nitrogen and oxygen atoms in total. The molecule has 1 unspecified atom stereocenters. The van der Waals surface area contributed by atoms with Gasteiger partial charge in [0.15, 0.2) is 0 Å². The fourth-order valence-electron chi connectivity index (χ4n) is 2.32. The largest absolute Gasteiger partial charge is 0.493 e. The number of rotatable bonds is 4. The van der Waals surface area contributed by atoms with Crippen LogP contribution in [0.25, 0.3) is 0 Å². The number of aliphatic hydroxyl groups excluding tert-OH is 1. The van der Waals surface area contributed by atoms with Gasteiger partial charge < -0.3 is 14.9 Å². The molecule has 1 atom stereocenters. The van der Waals surface area contributed by atoms with Gasteiger partial charge in [-0.05, 0) is 36.1 Å². The maximum absolute atomic E-state index is 10.3. The normalized spacial score (nSPS) is 16.5. The Morgan fingerprint density at radius 2 is 2.06 bits per heavy atom. The molecule has 1 aromatic rings. The summed E-state index contributed by atoms with van der Waals surface area (Å²) in [5, 5.41) is 20.6. The van der Waals surface area contributed by atoms with E-state index in [0.29, 0.717) is 19.4 Å². The lowest BCUT2D eigenvalue weighted by Gasteiger charge is -2.31. The summed E-state index contributed by atoms with van der Waals surface area (Å²) in [4.78, 5) is 0. The Balaban J connectivity index is 2.28. The molecule has 3 heteroatoms. The van der Waals surface area contributed by atoms with Crippen molar-refractivity contribution in [3.63, 3.8) is 0 Å². The van der Waals surface area contributed by atoms with Gasteiger partial charge in [-0.1, -0.05) is 19.9 Å². The number of aliphatic hydroxyl groups is 2. The average molecular weight is 236 g/mol. The summed E-state index contributed by atoms with van der Waals surface area (Å²) in [5.41, 5.74) is 0.866. The minimum Gasteiger partial charge on any atom is -0.493 e. The van der Waals surface area contributed by atoms with E-state index in [1.54, 1.807) is 0 Å². The molecule has 0 aromatic heterocycles. The zero-order valence-corrected chi connectivity index (χ0v) is 10.4. The second-order valence-electron chi connectivity index (χ2n) is 4.68. The van der Waals surface area contributed by atoms with Crippen molar-refractivity contribution in [2.45, 2.75) is 44.8 Å². The second kappa shape index (κ2) is 4.67. The molecule has 94 valence electrons. The average Bonchev–Trinajstić information content (AvgIpc) is 2.84. The van der Waals surface area contributed by atoms with Crippen LogP contribution < -0.4 is 4.74 Å². The first-order chi connectivity index (χ1) is 8.10. The summed E-state index contributed by atoms with van der Waals surface area (Å²) in [6.07, 6.45) is 1.13. The Bertz CT molecular complexity index is 396. The molecular weight excluding hydrogens is 216 g/mol. The van der Waals surface area contributed by atoms with Crippen LogP contribution in [0.15, 0.2) is 18.2 Å². The van der Waals surface area contributed by atoms with E-state index < -0.39 is 11.7 Å². The lowest BCUT2D eigenvalue weighted by atomic mass is 9.86. The zero-order valence-electron chi connectivity index (χ0n) is 10.4. The minimum atomic E-state index is -1.03. The van der Waals surface area contributed by atoms with E-state index in [1.807, 2.05) is 32.0 Å². The molecule has 0 amide bonds. The van der Waals surface area contributed by atoms with Gasteiger partial charge in [-0.25, -0.2) is 0 Å². The molecule has 2 N–H and O–H groups in total. The summed E-state index contributed by atoms with van der Waals surface area (Å²) in [6.45, 7) is 4.49. The predicted octanol–water partition coefficient (Wildman–Crippen LogP) is 2.21. The lowest BCUT2D eigenvalue weighted by Crippen LogP contribution is -2.34. The highest BCUT2D eigenvalue weighted by Crippen LogP contribution is 2.35. The highest BCUT2D eigenvalue weighted by atomic mass is 16.5. The highest BCUT2D eigenvalue weighted by Gasteiger charge is 2.33. The van der Waals surface area contributed by atoms with E-state index in [-0.39, 0.29) is 0 Å². The third kappa shape index (κ3) is 2.17. The molecule has 0 saturated heterocycles. The smallest absolute Gasteiger partial charge is 0.122 e. The SMILES string of the molecule is CCC(O)(CC)C(O)c1ccc2c(c1)CCO2. The van der Waals surface area contributed by atoms with Gasteiger partial charge in [0.2, 0.25) is 0 Å². The zero-order chi connectivity index (χ0) is 12.5. The van der Waals surface area contributed by atoms with E-state index in [4.69, 9.17) is 4.74 Å². The molecule has 0 aliphatic carbocycles. The van der Waals surface area contributed by atoms with Gasteiger partial charge in [0.25, 0.3) is 0 Å². The summed E-state index contributed by atoms with van der Waals surface area (Å²) < 4.78 is 5.43. The van der Waals surface area contributed by atoms with Gasteiger partial charge in [-0.2, -0.15) is 0 Å². The topological polar surface area (TPSA) is 49.7 Å². The third-order valence-electron chi connectivity index (χ3n) is 3.76. The molecule has 2 rings (SSSR count). The van der Waals surface area contributed by atoms with E-state index in [2.05, 4.69) is 0 Å². The van der Waals surface area contributed by atoms with E-state index in [9.17, 15) is 10.2 Å². The molecule has 1 aliphatic rings. The Morgan fingerprint density at radius 3 is 2.71 bits per heavy atom. The minimum absolute atomic E-state index is 0.540. The van der Waals surface area contributed by atoms with Crippen LogP contribution >= 0.6 is 0 Å². The lowest BCUT2D eigenvalue weighted by molar-refractivity contribution is -0.0821. The highest BCUT2D eigenvalue weighted by molar-refractivity contribution is 5.41. The van der Waals surface area contributed by atoms with E-state index in [1.165, 1.54) is 0 Å². The maximum Gasteiger partial charge on any atom is 0.122 e. The fraction of sp³-hybridized carbons (Fsp3) is 0.571. The van der Waals surface area contributed by atoms with Crippen LogP contribution in [-0.4, -0.2) is 22.4 Å². The molecular formula is C14H20O3. The van der Waals surface area contributed by atoms with Crippen LogP contribution in [0.2, 0.25) is 0 Å². The first-order valence-corrected chi connectivity index (χ1v) is 6.26. The third-order valence-corrected chi connectivity index (χ3v) is 3.76. The molecule has 0 saturated carbocycles. The fourth-order valence-corrected chi connectivity index (χ4v) is 2.32. The number of hydrogen-bond acceptors (Lipinski definition) is 3. The summed E-state index contributed by atoms with van der Waals surface area (Å²) >= 11 is 0. The number of benzene rings is 1. The van der Waals surface area contributed by atoms with Crippen LogP contribution in [0.3, 0.4) is 0 Å². The monoisotopic (exact) mass is 236 g/mol. The molecule has 0 spiro atoms. The molecule has 0 radical (unpaired) electrons. The van der Waals surface area contributed by atoms with Gasteiger partial charge in [0, 0.05) is 6.42 Å². The van der Waals surface area contributed by atoms with Gasteiger partial charge >= 0.3 is 0 Å². The van der Waals surface area contributed by atoms with Crippen molar-refractivity contribution < 1.29 is 14.9 Å². The predicted molar refractivity (Wildman–Crippen MR) is 66.1 cm³/mol. The first kappa shape index (κ1) is 12.4. The summed E-state index contributed by atoms with van der Waals surface area (Å²) in [7, 11) is 0. The standard InChI is InChI=1S/C14H20O3/c1-3-14(16,4-2)13(15)11-5-6-12-10(9-11)7-8-17-12/h5-6,9,13,15-16H,3-4,7-8H2,1-2H3. The van der Waals surface area contributed by atoms with Crippen molar-refractivity contribution in [2.75, 3.05) is 6.61 Å². The summed E-state index contributed by atoms with van der Waals surface area (Å²) in [6, 6.07) is 5.67. The second-order valence-corrected chi connectivity index (χ2v) is 4.68. The van der Waals surface area contributed by atoms with Gasteiger partial charge in [-0.3, -0.25) is 0 Å². The Morgan fingerprint density at radius 1 is 1.35 bits per heavy atom. The van der Waals surface area contributed by atoms with Crippen LogP contribution in [-0.2, 0) is 6.42 Å². The molecule has 1 aromatic carbocycles. The number of hydrogen-bond donors (Lipinski definition) is 2. The Labute approximate surface area is 102 Å². The Kier molecular flexibility index (Phi) is 3.40. The van der Waals surface area contributed by atoms with Gasteiger partial charge in [0.1, 0.15) is 11.9 Å². The van der Waals surface area contributed by atoms with Crippen molar-refractivity contribution in [1.82, 2.24) is 0 Å². The quantitative estimate of drug-likeness (QED) is 0.842. The van der Waals surface area contributed by atoms with Crippen molar-refractivity contribution in [1.29, 1.82) is 0 Å². The van der Waals surface area contributed by atoms with Crippen molar-refractivity contribution in [2.24, 2.45) is 0 Å². The summed E-state index contributed by atoms with van der Waals surface area (Å²) in [5.74, 6) is 0.900. The molecule has 1 aliphatic heterocycles. The number of ether oxygens (including phenoxy) is 1. The van der Waals surface area contributed by atoms with Crippen LogP contribution in [0.4, 0.5) is 0 Å². The van der Waals surface area contributed by atoms with E-state index >= 15 is 0 Å². The number of fused-ring (bicyclic) bond motifs is 1. The van der Waals surface area contributed by atoms with Crippen LogP contribution in [0.1, 0.15) is 43.9 Å². The van der Waals surface area contributed by atoms with Crippen molar-refractivity contribution in [3.8, 4) is 5.75 Å². The molecule has 0 fully saturated rings. The molecule has 17 heavy (non-hydrogen) atoms. The maximum atomic E-state index is 10.3. The van der Waals surface area contributed by atoms with Crippen molar-refractivity contribution in [3.05, 3.63) is 29.3 Å². The van der Waals surface area contributed by atoms with Gasteiger partial charge in [-0.15, -0.1) is 0 Å². The van der Waals surface area contributed by atoms with Crippen LogP contribution in [0.5, 0.6) is 5.75 Å². The van der Waals surface area contributed by atoms with Crippen molar-refractivity contribution >= 4 is 0 Å². The van der Waals surface area contributed by atoms with Gasteiger partial charge in [0.05, 0.1) is 12.2 Å².